The highest BCUT2D eigenvalue weighted by Crippen LogP contribution is 2.58. The van der Waals surface area contributed by atoms with Crippen LogP contribution in [0.3, 0.4) is 0 Å². The molecule has 4 atom stereocenters. The lowest BCUT2D eigenvalue weighted by Crippen LogP contribution is -2.29. The van der Waals surface area contributed by atoms with Crippen LogP contribution in [0.1, 0.15) is 34.5 Å². The lowest BCUT2D eigenvalue weighted by atomic mass is 9.85. The highest BCUT2D eigenvalue weighted by molar-refractivity contribution is 8.00. The molecule has 0 saturated heterocycles. The first-order valence-electron chi connectivity index (χ1n) is 11.8. The number of aromatic amines is 1. The molecule has 3 aromatic rings. The number of hydrogen-bond acceptors (Lipinski definition) is 7. The standard InChI is InChI=1S/C11H13NOS2.C10H9NO4.C6H6/c13-11-12-10-8(14-11)4-7-5-1-2-6(3-5)9(7)15-10;1-15-10(14)8-2-4-9(5-3-8)11(6-12)7-13;1-2-4-6-5-3-1/h5-7,9H,1-4H2,(H,12,13);2-7H,1H3;1-6H/t5?,6?,7-,9+;;/m1../s1. The van der Waals surface area contributed by atoms with E-state index in [9.17, 15) is 19.2 Å². The van der Waals surface area contributed by atoms with Crippen molar-refractivity contribution in [2.45, 2.75) is 36.0 Å². The third-order valence-corrected chi connectivity index (χ3v) is 9.47. The first kappa shape index (κ1) is 25.9. The predicted molar refractivity (Wildman–Crippen MR) is 141 cm³/mol. The fourth-order valence-corrected chi connectivity index (χ4v) is 7.87. The zero-order valence-electron chi connectivity index (χ0n) is 19.9. The third-order valence-electron chi connectivity index (χ3n) is 6.85. The molecule has 1 aromatic heterocycles. The summed E-state index contributed by atoms with van der Waals surface area (Å²) in [5.41, 5.74) is 0.755. The molecule has 3 aliphatic rings. The van der Waals surface area contributed by atoms with E-state index >= 15 is 0 Å². The second kappa shape index (κ2) is 12.2. The first-order valence-corrected chi connectivity index (χ1v) is 13.5. The van der Waals surface area contributed by atoms with Crippen LogP contribution in [-0.4, -0.2) is 36.1 Å². The maximum absolute atomic E-state index is 11.3. The summed E-state index contributed by atoms with van der Waals surface area (Å²) in [6, 6.07) is 17.9. The fourth-order valence-electron chi connectivity index (χ4n) is 5.17. The highest BCUT2D eigenvalue weighted by atomic mass is 32.2. The van der Waals surface area contributed by atoms with Crippen LogP contribution in [0.15, 0.2) is 70.5 Å². The van der Waals surface area contributed by atoms with Gasteiger partial charge in [-0.15, -0.1) is 11.8 Å². The Bertz CT molecular complexity index is 1150. The Morgan fingerprint density at radius 1 is 1.00 bits per heavy atom. The van der Waals surface area contributed by atoms with Gasteiger partial charge in [-0.1, -0.05) is 47.7 Å². The molecule has 0 radical (unpaired) electrons. The monoisotopic (exact) mass is 524 g/mol. The van der Waals surface area contributed by atoms with Gasteiger partial charge >= 0.3 is 10.8 Å². The predicted octanol–water partition coefficient (Wildman–Crippen LogP) is 4.78. The van der Waals surface area contributed by atoms with E-state index in [1.807, 2.05) is 48.2 Å². The van der Waals surface area contributed by atoms with Gasteiger partial charge in [0, 0.05) is 10.1 Å². The highest BCUT2D eigenvalue weighted by Gasteiger charge is 2.50. The minimum atomic E-state index is -0.467. The number of amides is 2. The number of imide groups is 1. The molecule has 2 aromatic carbocycles. The molecule has 1 aliphatic heterocycles. The van der Waals surface area contributed by atoms with E-state index in [0.717, 1.165) is 27.9 Å². The number of rotatable bonds is 4. The Kier molecular flexibility index (Phi) is 8.77. The zero-order valence-corrected chi connectivity index (χ0v) is 21.5. The largest absolute Gasteiger partial charge is 0.465 e. The number of anilines is 1. The molecule has 2 saturated carbocycles. The molecule has 1 N–H and O–H groups in total. The van der Waals surface area contributed by atoms with Gasteiger partial charge in [-0.05, 0) is 67.7 Å². The minimum Gasteiger partial charge on any atom is -0.465 e. The number of ether oxygens (including phenoxy) is 1. The smallest absolute Gasteiger partial charge is 0.337 e. The van der Waals surface area contributed by atoms with E-state index in [4.69, 9.17) is 0 Å². The van der Waals surface area contributed by atoms with Gasteiger partial charge in [0.1, 0.15) is 0 Å². The van der Waals surface area contributed by atoms with E-state index in [2.05, 4.69) is 9.72 Å². The van der Waals surface area contributed by atoms with E-state index in [1.54, 1.807) is 0 Å². The van der Waals surface area contributed by atoms with Crippen molar-refractivity contribution in [3.63, 3.8) is 0 Å². The van der Waals surface area contributed by atoms with Crippen LogP contribution in [0.4, 0.5) is 5.69 Å². The average molecular weight is 525 g/mol. The molecule has 2 heterocycles. The van der Waals surface area contributed by atoms with Crippen LogP contribution < -0.4 is 9.77 Å². The molecule has 6 rings (SSSR count). The summed E-state index contributed by atoms with van der Waals surface area (Å²) >= 11 is 3.40. The second-order valence-corrected chi connectivity index (χ2v) is 11.1. The van der Waals surface area contributed by atoms with Crippen molar-refractivity contribution in [3.8, 4) is 0 Å². The molecule has 2 unspecified atom stereocenters. The van der Waals surface area contributed by atoms with Crippen LogP contribution in [-0.2, 0) is 20.7 Å². The Balaban J connectivity index is 0.000000138. The Morgan fingerprint density at radius 2 is 1.61 bits per heavy atom. The number of nitrogens with zero attached hydrogens (tertiary/aromatic N) is 1. The number of H-pyrrole nitrogens is 1. The number of thioether (sulfide) groups is 1. The number of aromatic nitrogens is 1. The molecule has 2 fully saturated rings. The van der Waals surface area contributed by atoms with E-state index in [-0.39, 0.29) is 4.87 Å². The van der Waals surface area contributed by atoms with Gasteiger partial charge in [-0.2, -0.15) is 0 Å². The normalized spacial score (nSPS) is 22.5. The van der Waals surface area contributed by atoms with Crippen LogP contribution in [0, 0.1) is 17.8 Å². The quantitative estimate of drug-likeness (QED) is 0.390. The molecule has 36 heavy (non-hydrogen) atoms. The van der Waals surface area contributed by atoms with Crippen molar-refractivity contribution in [2.24, 2.45) is 17.8 Å². The summed E-state index contributed by atoms with van der Waals surface area (Å²) in [5.74, 6) is 2.33. The molecule has 2 aliphatic carbocycles. The molecular formula is C27H28N2O5S2. The summed E-state index contributed by atoms with van der Waals surface area (Å²) < 4.78 is 4.50. The lowest BCUT2D eigenvalue weighted by Gasteiger charge is -2.33. The SMILES string of the molecule is COC(=O)c1ccc(N(C=O)C=O)cc1.O=c1[nH]c2c(s1)C[C@@H]1C3CCC(C3)[C@@H]1S2.c1ccccc1. The zero-order chi connectivity index (χ0) is 25.5. The van der Waals surface area contributed by atoms with Gasteiger partial charge in [0.15, 0.2) is 0 Å². The van der Waals surface area contributed by atoms with Crippen LogP contribution in [0.25, 0.3) is 0 Å². The molecular weight excluding hydrogens is 496 g/mol. The summed E-state index contributed by atoms with van der Waals surface area (Å²) in [4.78, 5) is 48.5. The summed E-state index contributed by atoms with van der Waals surface area (Å²) in [6.07, 6.45) is 6.29. The van der Waals surface area contributed by atoms with E-state index < -0.39 is 5.97 Å². The molecule has 188 valence electrons. The van der Waals surface area contributed by atoms with Crippen molar-refractivity contribution >= 4 is 47.6 Å². The molecule has 9 heteroatoms. The number of hydrogen-bond donors (Lipinski definition) is 1. The number of fused-ring (bicyclic) bond motifs is 6. The van der Waals surface area contributed by atoms with E-state index in [0.29, 0.717) is 24.1 Å². The minimum absolute atomic E-state index is 0.139. The van der Waals surface area contributed by atoms with Crippen LogP contribution in [0.2, 0.25) is 0 Å². The maximum Gasteiger partial charge on any atom is 0.337 e. The van der Waals surface area contributed by atoms with E-state index in [1.165, 1.54) is 78.3 Å². The number of benzene rings is 2. The van der Waals surface area contributed by atoms with Gasteiger partial charge < -0.3 is 9.72 Å². The van der Waals surface area contributed by atoms with Crippen LogP contribution in [0.5, 0.6) is 0 Å². The Labute approximate surface area is 217 Å². The Hall–Kier alpha value is -3.17. The van der Waals surface area contributed by atoms with Crippen molar-refractivity contribution in [1.29, 1.82) is 0 Å². The summed E-state index contributed by atoms with van der Waals surface area (Å²) in [5, 5.41) is 2.01. The van der Waals surface area contributed by atoms with Crippen molar-refractivity contribution in [3.05, 3.63) is 80.8 Å². The maximum atomic E-state index is 11.3. The molecule has 2 bridgehead atoms. The number of esters is 1. The lowest BCUT2D eigenvalue weighted by molar-refractivity contribution is -0.114. The van der Waals surface area contributed by atoms with Crippen molar-refractivity contribution in [2.75, 3.05) is 12.0 Å². The number of thiazole rings is 1. The summed E-state index contributed by atoms with van der Waals surface area (Å²) in [7, 11) is 1.28. The number of carbonyl (C=O) groups is 3. The third kappa shape index (κ3) is 5.96. The molecule has 7 nitrogen and oxygen atoms in total. The average Bonchev–Trinajstić information content (AvgIpc) is 3.64. The second-order valence-electron chi connectivity index (χ2n) is 8.86. The van der Waals surface area contributed by atoms with Crippen LogP contribution >= 0.6 is 23.1 Å². The van der Waals surface area contributed by atoms with Gasteiger partial charge in [0.2, 0.25) is 12.8 Å². The topological polar surface area (TPSA) is 96.5 Å². The number of methoxy groups -OCH3 is 1. The summed E-state index contributed by atoms with van der Waals surface area (Å²) in [6.45, 7) is 0. The Morgan fingerprint density at radius 3 is 2.19 bits per heavy atom. The number of nitrogens with one attached hydrogen (secondary N) is 1. The molecule has 2 amide bonds. The molecule has 0 spiro atoms. The van der Waals surface area contributed by atoms with Gasteiger partial charge in [-0.3, -0.25) is 19.3 Å². The number of carbonyl (C=O) groups excluding carboxylic acids is 3. The van der Waals surface area contributed by atoms with Crippen molar-refractivity contribution in [1.82, 2.24) is 4.98 Å². The van der Waals surface area contributed by atoms with Gasteiger partial charge in [0.05, 0.1) is 23.4 Å². The van der Waals surface area contributed by atoms with Gasteiger partial charge in [0.25, 0.3) is 0 Å². The first-order chi connectivity index (χ1) is 17.5. The van der Waals surface area contributed by atoms with Gasteiger partial charge in [-0.25, -0.2) is 4.79 Å². The van der Waals surface area contributed by atoms with Crippen molar-refractivity contribution < 1.29 is 19.1 Å². The fraction of sp³-hybridized carbons (Fsp3) is 0.333.